The normalized spacial score (nSPS) is 14.4. The van der Waals surface area contributed by atoms with Gasteiger partial charge in [-0.3, -0.25) is 4.79 Å². The van der Waals surface area contributed by atoms with Crippen molar-refractivity contribution in [3.63, 3.8) is 0 Å². The van der Waals surface area contributed by atoms with Gasteiger partial charge in [0.15, 0.2) is 5.82 Å². The molecule has 0 aliphatic heterocycles. The lowest BCUT2D eigenvalue weighted by atomic mass is 10.3. The molecule has 1 saturated carbocycles. The van der Waals surface area contributed by atoms with Crippen LogP contribution in [0.4, 0.5) is 17.2 Å². The van der Waals surface area contributed by atoms with Crippen LogP contribution >= 0.6 is 0 Å². The summed E-state index contributed by atoms with van der Waals surface area (Å²) >= 11 is 0. The molecule has 0 saturated heterocycles. The summed E-state index contributed by atoms with van der Waals surface area (Å²) in [5.41, 5.74) is 7.04. The van der Waals surface area contributed by atoms with E-state index in [9.17, 15) is 4.79 Å². The van der Waals surface area contributed by atoms with Crippen LogP contribution in [0.3, 0.4) is 0 Å². The fourth-order valence-electron chi connectivity index (χ4n) is 1.90. The van der Waals surface area contributed by atoms with Crippen LogP contribution in [-0.2, 0) is 0 Å². The summed E-state index contributed by atoms with van der Waals surface area (Å²) in [5.74, 6) is 0.343. The zero-order valence-electron chi connectivity index (χ0n) is 9.84. The molecule has 0 spiro atoms. The molecule has 18 heavy (non-hydrogen) atoms. The molecule has 1 aliphatic rings. The lowest BCUT2D eigenvalue weighted by molar-refractivity contribution is 0.701. The predicted molar refractivity (Wildman–Crippen MR) is 70.9 cm³/mol. The molecule has 1 aromatic carbocycles. The highest BCUT2D eigenvalue weighted by Gasteiger charge is 2.25. The quantitative estimate of drug-likeness (QED) is 0.806. The van der Waals surface area contributed by atoms with E-state index in [1.807, 2.05) is 12.1 Å². The Bertz CT molecular complexity index is 631. The van der Waals surface area contributed by atoms with Crippen LogP contribution in [0.15, 0.2) is 41.5 Å². The number of nitrogens with zero attached hydrogens (tertiary/aromatic N) is 2. The standard InChI is InChI=1S/C13H14N4O/c14-9-2-1-3-10(8-9)16-12-13(18)17(7-6-15-12)11-4-5-11/h1-3,6-8,11H,4-5,14H2,(H,15,16). The molecule has 1 fully saturated rings. The van der Waals surface area contributed by atoms with Crippen molar-refractivity contribution < 1.29 is 0 Å². The predicted octanol–water partition coefficient (Wildman–Crippen LogP) is 1.90. The van der Waals surface area contributed by atoms with E-state index in [1.54, 1.807) is 29.1 Å². The summed E-state index contributed by atoms with van der Waals surface area (Å²) in [5, 5.41) is 3.01. The van der Waals surface area contributed by atoms with Crippen LogP contribution in [-0.4, -0.2) is 9.55 Å². The van der Waals surface area contributed by atoms with E-state index in [1.165, 1.54) is 0 Å². The van der Waals surface area contributed by atoms with Crippen molar-refractivity contribution in [2.24, 2.45) is 0 Å². The van der Waals surface area contributed by atoms with E-state index in [-0.39, 0.29) is 5.56 Å². The highest BCUT2D eigenvalue weighted by atomic mass is 16.1. The van der Waals surface area contributed by atoms with Gasteiger partial charge in [0, 0.05) is 29.8 Å². The Hall–Kier alpha value is -2.30. The van der Waals surface area contributed by atoms with E-state index in [0.717, 1.165) is 18.5 Å². The molecule has 0 unspecified atom stereocenters. The zero-order valence-corrected chi connectivity index (χ0v) is 9.84. The number of aromatic nitrogens is 2. The molecule has 1 aliphatic carbocycles. The van der Waals surface area contributed by atoms with Crippen LogP contribution in [0.25, 0.3) is 0 Å². The average Bonchev–Trinajstić information content (AvgIpc) is 3.16. The molecule has 0 bridgehead atoms. The molecule has 1 heterocycles. The molecule has 92 valence electrons. The number of hydrogen-bond donors (Lipinski definition) is 2. The topological polar surface area (TPSA) is 72.9 Å². The molecule has 0 amide bonds. The second-order valence-corrected chi connectivity index (χ2v) is 4.47. The van der Waals surface area contributed by atoms with Gasteiger partial charge in [0.25, 0.3) is 5.56 Å². The van der Waals surface area contributed by atoms with Gasteiger partial charge in [-0.1, -0.05) is 6.07 Å². The summed E-state index contributed by atoms with van der Waals surface area (Å²) < 4.78 is 1.74. The van der Waals surface area contributed by atoms with Gasteiger partial charge < -0.3 is 15.6 Å². The number of benzene rings is 1. The van der Waals surface area contributed by atoms with E-state index < -0.39 is 0 Å². The minimum Gasteiger partial charge on any atom is -0.399 e. The van der Waals surface area contributed by atoms with Crippen molar-refractivity contribution >= 4 is 17.2 Å². The first-order valence-corrected chi connectivity index (χ1v) is 5.94. The van der Waals surface area contributed by atoms with Gasteiger partial charge >= 0.3 is 0 Å². The monoisotopic (exact) mass is 242 g/mol. The Morgan fingerprint density at radius 2 is 2.22 bits per heavy atom. The number of nitrogen functional groups attached to an aromatic ring is 1. The van der Waals surface area contributed by atoms with E-state index in [0.29, 0.717) is 17.5 Å². The third kappa shape index (κ3) is 2.07. The molecule has 2 aromatic rings. The number of anilines is 3. The second-order valence-electron chi connectivity index (χ2n) is 4.47. The lowest BCUT2D eigenvalue weighted by Crippen LogP contribution is -2.22. The van der Waals surface area contributed by atoms with Crippen molar-refractivity contribution in [2.45, 2.75) is 18.9 Å². The van der Waals surface area contributed by atoms with Gasteiger partial charge in [-0.25, -0.2) is 4.98 Å². The average molecular weight is 242 g/mol. The fraction of sp³-hybridized carbons (Fsp3) is 0.231. The Kier molecular flexibility index (Phi) is 2.51. The van der Waals surface area contributed by atoms with Crippen LogP contribution in [0.1, 0.15) is 18.9 Å². The van der Waals surface area contributed by atoms with Gasteiger partial charge in [-0.05, 0) is 31.0 Å². The van der Waals surface area contributed by atoms with Crippen molar-refractivity contribution in [1.29, 1.82) is 0 Å². The maximum absolute atomic E-state index is 12.1. The third-order valence-corrected chi connectivity index (χ3v) is 2.96. The summed E-state index contributed by atoms with van der Waals surface area (Å²) in [6, 6.07) is 7.61. The maximum Gasteiger partial charge on any atom is 0.293 e. The molecule has 3 rings (SSSR count). The Morgan fingerprint density at radius 3 is 2.94 bits per heavy atom. The molecular formula is C13H14N4O. The smallest absolute Gasteiger partial charge is 0.293 e. The highest BCUT2D eigenvalue weighted by Crippen LogP contribution is 2.33. The van der Waals surface area contributed by atoms with Gasteiger partial charge in [-0.15, -0.1) is 0 Å². The molecule has 5 heteroatoms. The van der Waals surface area contributed by atoms with Gasteiger partial charge in [0.1, 0.15) is 0 Å². The molecule has 3 N–H and O–H groups in total. The fourth-order valence-corrected chi connectivity index (χ4v) is 1.90. The molecule has 5 nitrogen and oxygen atoms in total. The first kappa shape index (κ1) is 10.8. The van der Waals surface area contributed by atoms with Gasteiger partial charge in [0.2, 0.25) is 0 Å². The van der Waals surface area contributed by atoms with Crippen LogP contribution in [0.5, 0.6) is 0 Å². The van der Waals surface area contributed by atoms with Crippen LogP contribution < -0.4 is 16.6 Å². The Labute approximate surface area is 104 Å². The minimum atomic E-state index is -0.0811. The zero-order chi connectivity index (χ0) is 12.5. The number of hydrogen-bond acceptors (Lipinski definition) is 4. The number of nitrogens with two attached hydrogens (primary N) is 1. The largest absolute Gasteiger partial charge is 0.399 e. The second kappa shape index (κ2) is 4.18. The molecule has 1 aromatic heterocycles. The SMILES string of the molecule is Nc1cccc(Nc2nccn(C3CC3)c2=O)c1. The first-order chi connectivity index (χ1) is 8.74. The Balaban J connectivity index is 1.93. The highest BCUT2D eigenvalue weighted by molar-refractivity contribution is 5.60. The summed E-state index contributed by atoms with van der Waals surface area (Å²) in [6.07, 6.45) is 5.53. The summed E-state index contributed by atoms with van der Waals surface area (Å²) in [7, 11) is 0. The van der Waals surface area contributed by atoms with E-state index >= 15 is 0 Å². The van der Waals surface area contributed by atoms with Crippen LogP contribution in [0.2, 0.25) is 0 Å². The van der Waals surface area contributed by atoms with Crippen molar-refractivity contribution in [1.82, 2.24) is 9.55 Å². The minimum absolute atomic E-state index is 0.0811. The number of nitrogens with one attached hydrogen (secondary N) is 1. The van der Waals surface area contributed by atoms with Crippen molar-refractivity contribution in [2.75, 3.05) is 11.1 Å². The summed E-state index contributed by atoms with van der Waals surface area (Å²) in [4.78, 5) is 16.2. The van der Waals surface area contributed by atoms with E-state index in [4.69, 9.17) is 5.73 Å². The first-order valence-electron chi connectivity index (χ1n) is 5.94. The molecule has 0 atom stereocenters. The molecular weight excluding hydrogens is 228 g/mol. The third-order valence-electron chi connectivity index (χ3n) is 2.96. The maximum atomic E-state index is 12.1. The van der Waals surface area contributed by atoms with Gasteiger partial charge in [0.05, 0.1) is 0 Å². The van der Waals surface area contributed by atoms with E-state index in [2.05, 4.69) is 10.3 Å². The van der Waals surface area contributed by atoms with Crippen LogP contribution in [0, 0.1) is 0 Å². The Morgan fingerprint density at radius 1 is 1.39 bits per heavy atom. The molecule has 0 radical (unpaired) electrons. The van der Waals surface area contributed by atoms with Crippen molar-refractivity contribution in [3.05, 3.63) is 47.0 Å². The summed E-state index contributed by atoms with van der Waals surface area (Å²) in [6.45, 7) is 0. The lowest BCUT2D eigenvalue weighted by Gasteiger charge is -2.08. The number of rotatable bonds is 3. The van der Waals surface area contributed by atoms with Gasteiger partial charge in [-0.2, -0.15) is 0 Å². The van der Waals surface area contributed by atoms with Crippen molar-refractivity contribution in [3.8, 4) is 0 Å².